The number of hydrogen-bond acceptors (Lipinski definition) is 4. The van der Waals surface area contributed by atoms with Gasteiger partial charge in [0.05, 0.1) is 6.10 Å². The molecule has 0 aromatic heterocycles. The van der Waals surface area contributed by atoms with Crippen molar-refractivity contribution in [1.82, 2.24) is 9.80 Å². The van der Waals surface area contributed by atoms with E-state index < -0.39 is 6.10 Å². The Morgan fingerprint density at radius 3 is 2.62 bits per heavy atom. The van der Waals surface area contributed by atoms with E-state index in [1.807, 2.05) is 6.07 Å². The van der Waals surface area contributed by atoms with Crippen molar-refractivity contribution in [3.63, 3.8) is 0 Å². The number of aliphatic hydroxyl groups is 1. The van der Waals surface area contributed by atoms with Crippen LogP contribution in [0.3, 0.4) is 0 Å². The number of carbonyl (C=O) groups excluding carboxylic acids is 2. The lowest BCUT2D eigenvalue weighted by molar-refractivity contribution is -0.114. The molecule has 0 saturated carbocycles. The summed E-state index contributed by atoms with van der Waals surface area (Å²) in [5, 5.41) is 13.4. The molecule has 6 heteroatoms. The lowest BCUT2D eigenvalue weighted by Gasteiger charge is -2.34. The van der Waals surface area contributed by atoms with Crippen LogP contribution in [0.25, 0.3) is 0 Å². The molecule has 2 heterocycles. The lowest BCUT2D eigenvalue weighted by Crippen LogP contribution is -2.46. The topological polar surface area (TPSA) is 72.9 Å². The average molecular weight is 393 g/mol. The van der Waals surface area contributed by atoms with Gasteiger partial charge in [-0.25, -0.2) is 0 Å². The summed E-state index contributed by atoms with van der Waals surface area (Å²) in [6, 6.07) is 13.8. The van der Waals surface area contributed by atoms with E-state index in [0.717, 1.165) is 31.5 Å². The van der Waals surface area contributed by atoms with E-state index in [0.29, 0.717) is 30.9 Å². The number of hydrogen-bond donors (Lipinski definition) is 2. The van der Waals surface area contributed by atoms with Crippen molar-refractivity contribution in [1.29, 1.82) is 0 Å². The number of aliphatic hydroxyl groups excluding tert-OH is 1. The molecule has 0 fully saturated rings. The number of nitrogens with zero attached hydrogens (tertiary/aromatic N) is 2. The first-order chi connectivity index (χ1) is 14.0. The Morgan fingerprint density at radius 1 is 1.07 bits per heavy atom. The smallest absolute Gasteiger partial charge is 0.254 e. The molecule has 0 spiro atoms. The second kappa shape index (κ2) is 8.35. The zero-order valence-electron chi connectivity index (χ0n) is 16.7. The highest BCUT2D eigenvalue weighted by molar-refractivity contribution is 5.98. The van der Waals surface area contributed by atoms with Crippen molar-refractivity contribution in [2.45, 2.75) is 32.4 Å². The third-order valence-electron chi connectivity index (χ3n) is 5.70. The van der Waals surface area contributed by atoms with Crippen LogP contribution >= 0.6 is 0 Å². The van der Waals surface area contributed by atoms with E-state index in [-0.39, 0.29) is 11.8 Å². The summed E-state index contributed by atoms with van der Waals surface area (Å²) in [7, 11) is 0. The summed E-state index contributed by atoms with van der Waals surface area (Å²) in [6.45, 7) is 4.72. The number of nitrogens with one attached hydrogen (secondary N) is 1. The summed E-state index contributed by atoms with van der Waals surface area (Å²) in [4.78, 5) is 28.1. The van der Waals surface area contributed by atoms with Crippen LogP contribution in [0.15, 0.2) is 42.5 Å². The minimum Gasteiger partial charge on any atom is -0.390 e. The first-order valence-corrected chi connectivity index (χ1v) is 10.2. The largest absolute Gasteiger partial charge is 0.390 e. The minimum absolute atomic E-state index is 0.0522. The van der Waals surface area contributed by atoms with Crippen molar-refractivity contribution in [3.05, 3.63) is 64.7 Å². The molecule has 2 aliphatic heterocycles. The van der Waals surface area contributed by atoms with Crippen LogP contribution in [0.5, 0.6) is 0 Å². The number of amides is 2. The highest BCUT2D eigenvalue weighted by atomic mass is 16.3. The lowest BCUT2D eigenvalue weighted by atomic mass is 9.97. The first kappa shape index (κ1) is 19.6. The Kier molecular flexibility index (Phi) is 5.65. The van der Waals surface area contributed by atoms with Gasteiger partial charge in [-0.05, 0) is 47.7 Å². The van der Waals surface area contributed by atoms with Gasteiger partial charge in [-0.3, -0.25) is 14.5 Å². The molecule has 29 heavy (non-hydrogen) atoms. The van der Waals surface area contributed by atoms with Crippen LogP contribution < -0.4 is 5.32 Å². The molecule has 2 aliphatic rings. The minimum atomic E-state index is -0.579. The van der Waals surface area contributed by atoms with Crippen molar-refractivity contribution >= 4 is 17.5 Å². The summed E-state index contributed by atoms with van der Waals surface area (Å²) >= 11 is 0. The van der Waals surface area contributed by atoms with Gasteiger partial charge in [0.15, 0.2) is 0 Å². The highest BCUT2D eigenvalue weighted by Gasteiger charge is 2.27. The highest BCUT2D eigenvalue weighted by Crippen LogP contribution is 2.23. The summed E-state index contributed by atoms with van der Waals surface area (Å²) in [5.74, 6) is -0.180. The van der Waals surface area contributed by atoms with E-state index in [2.05, 4.69) is 34.5 Å². The number of benzene rings is 2. The van der Waals surface area contributed by atoms with Gasteiger partial charge in [0.1, 0.15) is 0 Å². The zero-order valence-corrected chi connectivity index (χ0v) is 16.7. The molecule has 2 aromatic rings. The summed E-state index contributed by atoms with van der Waals surface area (Å²) in [5.41, 5.74) is 5.02. The molecule has 0 bridgehead atoms. The van der Waals surface area contributed by atoms with Crippen molar-refractivity contribution in [3.8, 4) is 0 Å². The average Bonchev–Trinajstić information content (AvgIpc) is 2.69. The van der Waals surface area contributed by atoms with Gasteiger partial charge in [-0.2, -0.15) is 0 Å². The standard InChI is InChI=1S/C23H27N3O3/c1-16(27)24-20-6-7-22-18(12-20)9-11-26(23(22)29)15-21(28)14-25-10-8-17-4-2-3-5-19(17)13-25/h2-7,12,21,28H,8-11,13-15H2,1H3,(H,24,27). The van der Waals surface area contributed by atoms with Crippen LogP contribution in [-0.4, -0.2) is 59.0 Å². The predicted octanol–water partition coefficient (Wildman–Crippen LogP) is 2.06. The number of rotatable bonds is 5. The molecule has 0 saturated heterocycles. The van der Waals surface area contributed by atoms with Gasteiger partial charge in [-0.15, -0.1) is 0 Å². The fourth-order valence-corrected chi connectivity index (χ4v) is 4.31. The molecule has 0 aliphatic carbocycles. The van der Waals surface area contributed by atoms with Gasteiger partial charge >= 0.3 is 0 Å². The molecule has 2 amide bonds. The molecular weight excluding hydrogens is 366 g/mol. The Labute approximate surface area is 171 Å². The Hall–Kier alpha value is -2.70. The van der Waals surface area contributed by atoms with Gasteiger partial charge < -0.3 is 15.3 Å². The fourth-order valence-electron chi connectivity index (χ4n) is 4.31. The molecular formula is C23H27N3O3. The van der Waals surface area contributed by atoms with E-state index in [9.17, 15) is 14.7 Å². The summed E-state index contributed by atoms with van der Waals surface area (Å²) in [6.07, 6.45) is 1.14. The molecule has 152 valence electrons. The van der Waals surface area contributed by atoms with E-state index >= 15 is 0 Å². The Bertz CT molecular complexity index is 927. The van der Waals surface area contributed by atoms with Crippen molar-refractivity contribution in [2.24, 2.45) is 0 Å². The number of fused-ring (bicyclic) bond motifs is 2. The fraction of sp³-hybridized carbons (Fsp3) is 0.391. The third-order valence-corrected chi connectivity index (χ3v) is 5.70. The maximum Gasteiger partial charge on any atom is 0.254 e. The van der Waals surface area contributed by atoms with Crippen molar-refractivity contribution < 1.29 is 14.7 Å². The molecule has 6 nitrogen and oxygen atoms in total. The zero-order chi connectivity index (χ0) is 20.4. The first-order valence-electron chi connectivity index (χ1n) is 10.2. The molecule has 2 aromatic carbocycles. The molecule has 0 radical (unpaired) electrons. The van der Waals surface area contributed by atoms with Crippen LogP contribution in [0, 0.1) is 0 Å². The number of anilines is 1. The second-order valence-electron chi connectivity index (χ2n) is 7.96. The molecule has 1 atom stereocenters. The van der Waals surface area contributed by atoms with Gasteiger partial charge in [0, 0.05) is 50.9 Å². The second-order valence-corrected chi connectivity index (χ2v) is 7.96. The van der Waals surface area contributed by atoms with E-state index in [1.54, 1.807) is 17.0 Å². The van der Waals surface area contributed by atoms with Gasteiger partial charge in [-0.1, -0.05) is 24.3 Å². The maximum atomic E-state index is 12.9. The normalized spacial score (nSPS) is 17.4. The van der Waals surface area contributed by atoms with Crippen molar-refractivity contribution in [2.75, 3.05) is 31.5 Å². The van der Waals surface area contributed by atoms with Crippen LogP contribution in [0.1, 0.15) is 34.0 Å². The number of β-amino-alcohol motifs (C(OH)–C–C–N with tert-alkyl or cyclic N) is 1. The summed E-state index contributed by atoms with van der Waals surface area (Å²) < 4.78 is 0. The van der Waals surface area contributed by atoms with Crippen LogP contribution in [0.4, 0.5) is 5.69 Å². The predicted molar refractivity (Wildman–Crippen MR) is 112 cm³/mol. The maximum absolute atomic E-state index is 12.9. The SMILES string of the molecule is CC(=O)Nc1ccc2c(c1)CCN(CC(O)CN1CCc3ccccc3C1)C2=O. The van der Waals surface area contributed by atoms with Gasteiger partial charge in [0.2, 0.25) is 5.91 Å². The molecule has 1 unspecified atom stereocenters. The van der Waals surface area contributed by atoms with Crippen LogP contribution in [0.2, 0.25) is 0 Å². The number of carbonyl (C=O) groups is 2. The molecule has 2 N–H and O–H groups in total. The monoisotopic (exact) mass is 393 g/mol. The van der Waals surface area contributed by atoms with Gasteiger partial charge in [0.25, 0.3) is 5.91 Å². The Morgan fingerprint density at radius 2 is 1.83 bits per heavy atom. The van der Waals surface area contributed by atoms with Crippen LogP contribution in [-0.2, 0) is 24.2 Å². The Balaban J connectivity index is 1.35. The van der Waals surface area contributed by atoms with E-state index in [4.69, 9.17) is 0 Å². The molecule has 4 rings (SSSR count). The van der Waals surface area contributed by atoms with E-state index in [1.165, 1.54) is 18.1 Å². The third kappa shape index (κ3) is 4.49. The quantitative estimate of drug-likeness (QED) is 0.816.